The number of aliphatic hydroxyl groups is 1. The number of aryl methyl sites for hydroxylation is 1. The highest BCUT2D eigenvalue weighted by Gasteiger charge is 2.62. The van der Waals surface area contributed by atoms with Gasteiger partial charge in [0.1, 0.15) is 11.5 Å². The van der Waals surface area contributed by atoms with E-state index >= 15 is 0 Å². The highest BCUT2D eigenvalue weighted by molar-refractivity contribution is 5.97. The molecule has 0 spiro atoms. The molecule has 1 aliphatic heterocycles. The molecule has 2 aromatic carbocycles. The highest BCUT2D eigenvalue weighted by atomic mass is 16.3. The largest absolute Gasteiger partial charge is 0.507 e. The van der Waals surface area contributed by atoms with Crippen LogP contribution in [0.5, 0.6) is 5.75 Å². The Bertz CT molecular complexity index is 1470. The molecule has 1 saturated heterocycles. The summed E-state index contributed by atoms with van der Waals surface area (Å²) in [5.74, 6) is 0.326. The number of rotatable bonds is 8. The van der Waals surface area contributed by atoms with Crippen LogP contribution >= 0.6 is 0 Å². The monoisotopic (exact) mass is 567 g/mol. The molecule has 3 atom stereocenters. The van der Waals surface area contributed by atoms with Crippen molar-refractivity contribution in [1.29, 1.82) is 0 Å². The van der Waals surface area contributed by atoms with Gasteiger partial charge in [0, 0.05) is 55.3 Å². The van der Waals surface area contributed by atoms with E-state index in [0.717, 1.165) is 35.3 Å². The minimum absolute atomic E-state index is 0.103. The van der Waals surface area contributed by atoms with Crippen molar-refractivity contribution in [3.63, 3.8) is 0 Å². The molecule has 7 heteroatoms. The van der Waals surface area contributed by atoms with Crippen LogP contribution in [0, 0.1) is 12.8 Å². The number of phenolic OH excluding ortho intramolecular Hbond substituents is 1. The van der Waals surface area contributed by atoms with Crippen LogP contribution in [0.3, 0.4) is 0 Å². The first-order valence-electron chi connectivity index (χ1n) is 15.3. The molecule has 2 heterocycles. The first kappa shape index (κ1) is 28.6. The molecule has 3 aliphatic rings. The zero-order valence-corrected chi connectivity index (χ0v) is 24.6. The van der Waals surface area contributed by atoms with Crippen LogP contribution in [0.2, 0.25) is 0 Å². The minimum Gasteiger partial charge on any atom is -0.507 e. The van der Waals surface area contributed by atoms with E-state index in [0.29, 0.717) is 43.7 Å². The van der Waals surface area contributed by atoms with Crippen molar-refractivity contribution in [3.05, 3.63) is 83.2 Å². The smallest absolute Gasteiger partial charge is 0.255 e. The van der Waals surface area contributed by atoms with Crippen molar-refractivity contribution in [2.45, 2.75) is 75.9 Å². The first-order valence-corrected chi connectivity index (χ1v) is 15.3. The molecule has 3 fully saturated rings. The number of carbonyl (C=O) groups excluding carboxylic acids is 2. The summed E-state index contributed by atoms with van der Waals surface area (Å²) in [6.45, 7) is 6.10. The third-order valence-electron chi connectivity index (χ3n) is 10.1. The van der Waals surface area contributed by atoms with Gasteiger partial charge >= 0.3 is 0 Å². The summed E-state index contributed by atoms with van der Waals surface area (Å²) >= 11 is 0. The van der Waals surface area contributed by atoms with E-state index in [-0.39, 0.29) is 35.5 Å². The van der Waals surface area contributed by atoms with E-state index < -0.39 is 11.0 Å². The van der Waals surface area contributed by atoms with Crippen LogP contribution in [0.1, 0.15) is 72.5 Å². The topological polar surface area (TPSA) is 103 Å². The summed E-state index contributed by atoms with van der Waals surface area (Å²) < 4.78 is 0. The van der Waals surface area contributed by atoms with Crippen LogP contribution in [0.4, 0.5) is 0 Å². The first-order chi connectivity index (χ1) is 20.2. The van der Waals surface area contributed by atoms with Crippen molar-refractivity contribution in [2.75, 3.05) is 19.6 Å². The lowest BCUT2D eigenvalue weighted by molar-refractivity contribution is -0.165. The zero-order chi connectivity index (χ0) is 29.5. The van der Waals surface area contributed by atoms with Gasteiger partial charge in [-0.15, -0.1) is 0 Å². The maximum absolute atomic E-state index is 13.4. The molecule has 2 saturated carbocycles. The number of nitrogens with one attached hydrogen (secondary N) is 1. The summed E-state index contributed by atoms with van der Waals surface area (Å²) in [6.07, 6.45) is 8.15. The number of aromatic nitrogens is 1. The summed E-state index contributed by atoms with van der Waals surface area (Å²) in [6, 6.07) is 15.5. The fourth-order valence-electron chi connectivity index (χ4n) is 7.49. The lowest BCUT2D eigenvalue weighted by Crippen LogP contribution is -2.70. The molecule has 3 N–H and O–H groups in total. The number of benzene rings is 2. The number of piperidine rings is 1. The Morgan fingerprint density at radius 2 is 1.88 bits per heavy atom. The number of pyridine rings is 1. The van der Waals surface area contributed by atoms with E-state index in [9.17, 15) is 19.8 Å². The van der Waals surface area contributed by atoms with Crippen molar-refractivity contribution in [1.82, 2.24) is 15.2 Å². The lowest BCUT2D eigenvalue weighted by Gasteiger charge is -2.60. The lowest BCUT2D eigenvalue weighted by atomic mass is 9.52. The van der Waals surface area contributed by atoms with Crippen molar-refractivity contribution < 1.29 is 19.8 Å². The zero-order valence-electron chi connectivity index (χ0n) is 24.6. The van der Waals surface area contributed by atoms with E-state index in [1.807, 2.05) is 43.5 Å². The van der Waals surface area contributed by atoms with E-state index in [4.69, 9.17) is 0 Å². The quantitative estimate of drug-likeness (QED) is 0.356. The molecule has 6 rings (SSSR count). The summed E-state index contributed by atoms with van der Waals surface area (Å²) in [5, 5.41) is 27.1. The molecule has 1 aromatic heterocycles. The Morgan fingerprint density at radius 3 is 2.60 bits per heavy atom. The van der Waals surface area contributed by atoms with Crippen LogP contribution < -0.4 is 5.32 Å². The van der Waals surface area contributed by atoms with Gasteiger partial charge in [-0.1, -0.05) is 36.4 Å². The second-order valence-electron chi connectivity index (χ2n) is 12.7. The van der Waals surface area contributed by atoms with Crippen molar-refractivity contribution >= 4 is 11.7 Å². The third kappa shape index (κ3) is 5.13. The van der Waals surface area contributed by atoms with Gasteiger partial charge in [0.25, 0.3) is 5.91 Å². The molecule has 1 amide bonds. The number of phenols is 1. The summed E-state index contributed by atoms with van der Waals surface area (Å²) in [5.41, 5.74) is 2.68. The molecular weight excluding hydrogens is 526 g/mol. The molecule has 0 unspecified atom stereocenters. The second kappa shape index (κ2) is 11.3. The maximum atomic E-state index is 13.4. The number of likely N-dealkylation sites (tertiary alicyclic amines) is 1. The van der Waals surface area contributed by atoms with Gasteiger partial charge < -0.3 is 15.5 Å². The molecule has 2 aliphatic carbocycles. The summed E-state index contributed by atoms with van der Waals surface area (Å²) in [4.78, 5) is 32.9. The second-order valence-corrected chi connectivity index (χ2v) is 12.7. The van der Waals surface area contributed by atoms with Gasteiger partial charge in [-0.05, 0) is 92.8 Å². The van der Waals surface area contributed by atoms with Crippen LogP contribution in [-0.4, -0.2) is 63.1 Å². The number of nitrogens with zero attached hydrogens (tertiary/aromatic N) is 2. The normalized spacial score (nSPS) is 26.1. The average molecular weight is 568 g/mol. The van der Waals surface area contributed by atoms with Gasteiger partial charge in [0.05, 0.1) is 11.2 Å². The predicted molar refractivity (Wildman–Crippen MR) is 162 cm³/mol. The van der Waals surface area contributed by atoms with Gasteiger partial charge in [0.2, 0.25) is 0 Å². The number of Topliss-reactive ketones (excluding diaryl/α,β-unsaturated/α-hetero) is 1. The minimum atomic E-state index is -1.17. The van der Waals surface area contributed by atoms with Crippen molar-refractivity contribution in [2.24, 2.45) is 5.92 Å². The van der Waals surface area contributed by atoms with E-state index in [1.165, 1.54) is 12.8 Å². The van der Waals surface area contributed by atoms with Crippen LogP contribution in [0.25, 0.3) is 11.1 Å². The molecule has 0 radical (unpaired) electrons. The molecular formula is C35H41N3O4. The van der Waals surface area contributed by atoms with Gasteiger partial charge in [-0.25, -0.2) is 0 Å². The number of carbonyl (C=O) groups is 2. The number of ketones is 1. The number of fused-ring (bicyclic) bond motifs is 1. The average Bonchev–Trinajstić information content (AvgIpc) is 3.81. The Balaban J connectivity index is 1.21. The molecule has 3 aromatic rings. The fourth-order valence-corrected chi connectivity index (χ4v) is 7.49. The third-order valence-corrected chi connectivity index (χ3v) is 10.1. The van der Waals surface area contributed by atoms with Crippen LogP contribution in [-0.2, 0) is 16.6 Å². The number of hydrogen-bond donors (Lipinski definition) is 3. The van der Waals surface area contributed by atoms with Crippen LogP contribution in [0.15, 0.2) is 60.9 Å². The maximum Gasteiger partial charge on any atom is 0.255 e. The Labute approximate surface area is 248 Å². The summed E-state index contributed by atoms with van der Waals surface area (Å²) in [7, 11) is 0. The standard InChI is InChI=1S/C35H41N3O4/c1-23-5-12-30(33(41)37-18-14-25-8-10-27(11-9-25)28-4-3-17-36-21-28)32(40)31(23)34-16-19-38(22-26-6-7-26)24(2)35(34,42)15-13-29(39)20-34/h3-5,8-12,17,21,24,26,40,42H,6-7,13-16,18-20,22H2,1-2H3,(H,37,41)/t24-,34-,35-/m1/s1. The molecule has 7 nitrogen and oxygen atoms in total. The fraction of sp³-hybridized carbons (Fsp3) is 0.457. The Morgan fingerprint density at radius 1 is 1.10 bits per heavy atom. The SMILES string of the molecule is Cc1ccc(C(=O)NCCc2ccc(-c3cccnc3)cc2)c(O)c1[C@]12CCN(CC3CC3)[C@H](C)[C@]1(O)CCC(=O)C2. The predicted octanol–water partition coefficient (Wildman–Crippen LogP) is 4.96. The Kier molecular flexibility index (Phi) is 7.66. The molecule has 220 valence electrons. The van der Waals surface area contributed by atoms with Crippen molar-refractivity contribution in [3.8, 4) is 16.9 Å². The molecule has 0 bridgehead atoms. The van der Waals surface area contributed by atoms with E-state index in [2.05, 4.69) is 34.3 Å². The van der Waals surface area contributed by atoms with Gasteiger partial charge in [0.15, 0.2) is 0 Å². The molecule has 42 heavy (non-hydrogen) atoms. The van der Waals surface area contributed by atoms with Gasteiger partial charge in [-0.3, -0.25) is 19.5 Å². The Hall–Kier alpha value is -3.55. The van der Waals surface area contributed by atoms with E-state index in [1.54, 1.807) is 12.3 Å². The number of aromatic hydroxyl groups is 1. The highest BCUT2D eigenvalue weighted by Crippen LogP contribution is 2.56. The number of hydrogen-bond acceptors (Lipinski definition) is 6. The van der Waals surface area contributed by atoms with Gasteiger partial charge in [-0.2, -0.15) is 0 Å². The number of amides is 1.